The number of carboxylic acid groups (broad SMARTS) is 2. The maximum absolute atomic E-state index is 9.89. The molecule has 0 saturated heterocycles. The van der Waals surface area contributed by atoms with Crippen molar-refractivity contribution >= 4 is 21.5 Å². The monoisotopic (exact) mass is 172 g/mol. The van der Waals surface area contributed by atoms with Crippen molar-refractivity contribution < 1.29 is 19.8 Å². The predicted molar refractivity (Wildman–Crippen MR) is 42.1 cm³/mol. The number of aliphatic carboxylic acids is 2. The SMILES string of the molecule is O=C(O)C=C[SiH2]C=CC(=O)O. The Kier molecular flexibility index (Phi) is 4.75. The second-order valence-electron chi connectivity index (χ2n) is 1.72. The van der Waals surface area contributed by atoms with E-state index in [9.17, 15) is 9.59 Å². The predicted octanol–water partition coefficient (Wildman–Crippen LogP) is -0.648. The maximum atomic E-state index is 9.89. The molecule has 2 N–H and O–H groups in total. The molecule has 0 spiro atoms. The van der Waals surface area contributed by atoms with Gasteiger partial charge in [0.25, 0.3) is 0 Å². The third kappa shape index (κ3) is 8.64. The number of carboxylic acids is 2. The van der Waals surface area contributed by atoms with Crippen LogP contribution in [0.3, 0.4) is 0 Å². The average Bonchev–Trinajstić information content (AvgIpc) is 1.85. The summed E-state index contributed by atoms with van der Waals surface area (Å²) in [6.07, 6.45) is 2.05. The van der Waals surface area contributed by atoms with Gasteiger partial charge in [0.15, 0.2) is 0 Å². The van der Waals surface area contributed by atoms with Crippen molar-refractivity contribution in [1.29, 1.82) is 0 Å². The Hall–Kier alpha value is -1.36. The Bertz CT molecular complexity index is 185. The summed E-state index contributed by atoms with van der Waals surface area (Å²) in [5.41, 5.74) is 3.00. The van der Waals surface area contributed by atoms with Crippen molar-refractivity contribution in [2.75, 3.05) is 0 Å². The second kappa shape index (κ2) is 5.42. The molecule has 0 aliphatic rings. The molecule has 4 nitrogen and oxygen atoms in total. The first-order valence-electron chi connectivity index (χ1n) is 2.92. The Morgan fingerprint density at radius 1 is 1.00 bits per heavy atom. The fraction of sp³-hybridized carbons (Fsp3) is 0. The van der Waals surface area contributed by atoms with E-state index in [0.29, 0.717) is 0 Å². The highest BCUT2D eigenvalue weighted by Crippen LogP contribution is 1.74. The molecule has 0 aliphatic heterocycles. The van der Waals surface area contributed by atoms with Gasteiger partial charge in [0, 0.05) is 12.2 Å². The van der Waals surface area contributed by atoms with Crippen molar-refractivity contribution in [2.45, 2.75) is 0 Å². The molecular weight excluding hydrogens is 164 g/mol. The number of carbonyl (C=O) groups is 2. The first-order valence-corrected chi connectivity index (χ1v) is 4.55. The average molecular weight is 172 g/mol. The van der Waals surface area contributed by atoms with Gasteiger partial charge in [-0.2, -0.15) is 0 Å². The van der Waals surface area contributed by atoms with Crippen molar-refractivity contribution in [3.05, 3.63) is 23.6 Å². The fourth-order valence-corrected chi connectivity index (χ4v) is 1.25. The Balaban J connectivity index is 3.57. The van der Waals surface area contributed by atoms with Crippen LogP contribution in [0.15, 0.2) is 23.6 Å². The summed E-state index contributed by atoms with van der Waals surface area (Å²) in [7, 11) is -0.797. The smallest absolute Gasteiger partial charge is 0.327 e. The fourth-order valence-electron chi connectivity index (χ4n) is 0.416. The van der Waals surface area contributed by atoms with Gasteiger partial charge in [-0.15, -0.1) is 0 Å². The summed E-state index contributed by atoms with van der Waals surface area (Å²) in [6.45, 7) is 0. The highest BCUT2D eigenvalue weighted by molar-refractivity contribution is 6.49. The van der Waals surface area contributed by atoms with E-state index in [0.717, 1.165) is 12.2 Å². The minimum Gasteiger partial charge on any atom is -0.478 e. The van der Waals surface area contributed by atoms with Gasteiger partial charge < -0.3 is 10.2 Å². The highest BCUT2D eigenvalue weighted by Gasteiger charge is 1.84. The molecule has 5 heteroatoms. The van der Waals surface area contributed by atoms with Crippen LogP contribution in [0.1, 0.15) is 0 Å². The Morgan fingerprint density at radius 3 is 1.64 bits per heavy atom. The third-order valence-corrected chi connectivity index (χ3v) is 1.81. The first kappa shape index (κ1) is 9.64. The number of hydrogen-bond acceptors (Lipinski definition) is 2. The van der Waals surface area contributed by atoms with Crippen LogP contribution in [0.25, 0.3) is 0 Å². The van der Waals surface area contributed by atoms with Crippen LogP contribution in [0.5, 0.6) is 0 Å². The van der Waals surface area contributed by atoms with Crippen LogP contribution in [-0.2, 0) is 9.59 Å². The summed E-state index contributed by atoms with van der Waals surface area (Å²) in [4.78, 5) is 19.8. The zero-order valence-electron chi connectivity index (χ0n) is 5.73. The lowest BCUT2D eigenvalue weighted by Gasteiger charge is -1.78. The second-order valence-corrected chi connectivity index (χ2v) is 3.13. The molecular formula is C6H8O4Si. The molecule has 0 radical (unpaired) electrons. The molecule has 60 valence electrons. The topological polar surface area (TPSA) is 74.6 Å². The summed E-state index contributed by atoms with van der Waals surface area (Å²) in [6, 6.07) is 0. The van der Waals surface area contributed by atoms with Crippen LogP contribution in [0.2, 0.25) is 0 Å². The lowest BCUT2D eigenvalue weighted by atomic mass is 10.7. The summed E-state index contributed by atoms with van der Waals surface area (Å²) in [5.74, 6) is -2.00. The van der Waals surface area contributed by atoms with Gasteiger partial charge in [-0.25, -0.2) is 9.59 Å². The van der Waals surface area contributed by atoms with Gasteiger partial charge >= 0.3 is 11.9 Å². The number of hydrogen-bond donors (Lipinski definition) is 2. The molecule has 0 saturated carbocycles. The van der Waals surface area contributed by atoms with Crippen molar-refractivity contribution in [3.63, 3.8) is 0 Å². The zero-order chi connectivity index (χ0) is 8.69. The Morgan fingerprint density at radius 2 is 1.36 bits per heavy atom. The molecule has 0 atom stereocenters. The van der Waals surface area contributed by atoms with Crippen LogP contribution >= 0.6 is 0 Å². The lowest BCUT2D eigenvalue weighted by molar-refractivity contribution is -0.132. The minimum absolute atomic E-state index is 0.797. The molecule has 0 aromatic heterocycles. The van der Waals surface area contributed by atoms with Gasteiger partial charge in [0.2, 0.25) is 0 Å². The molecule has 0 bridgehead atoms. The van der Waals surface area contributed by atoms with Gasteiger partial charge in [0.1, 0.15) is 0 Å². The third-order valence-electron chi connectivity index (χ3n) is 0.793. The number of rotatable bonds is 4. The van der Waals surface area contributed by atoms with Crippen molar-refractivity contribution in [1.82, 2.24) is 0 Å². The van der Waals surface area contributed by atoms with E-state index in [4.69, 9.17) is 10.2 Å². The van der Waals surface area contributed by atoms with Gasteiger partial charge in [-0.1, -0.05) is 11.4 Å². The maximum Gasteiger partial charge on any atom is 0.327 e. The van der Waals surface area contributed by atoms with Crippen LogP contribution in [0.4, 0.5) is 0 Å². The van der Waals surface area contributed by atoms with E-state index in [2.05, 4.69) is 0 Å². The molecule has 0 fully saturated rings. The van der Waals surface area contributed by atoms with E-state index >= 15 is 0 Å². The standard InChI is InChI=1S/C6H8O4Si/c7-5(8)1-3-11-4-2-6(9)10/h1-4H,11H2,(H,7,8)(H,9,10). The van der Waals surface area contributed by atoms with Crippen LogP contribution in [0, 0.1) is 0 Å². The van der Waals surface area contributed by atoms with E-state index in [1.807, 2.05) is 0 Å². The molecule has 0 aliphatic carbocycles. The van der Waals surface area contributed by atoms with E-state index in [1.165, 1.54) is 11.4 Å². The minimum atomic E-state index is -0.999. The Labute approximate surface area is 65.7 Å². The largest absolute Gasteiger partial charge is 0.478 e. The molecule has 0 heterocycles. The van der Waals surface area contributed by atoms with Crippen molar-refractivity contribution in [3.8, 4) is 0 Å². The van der Waals surface area contributed by atoms with Crippen LogP contribution < -0.4 is 0 Å². The van der Waals surface area contributed by atoms with Crippen LogP contribution in [-0.4, -0.2) is 31.7 Å². The lowest BCUT2D eigenvalue weighted by Crippen LogP contribution is -1.90. The van der Waals surface area contributed by atoms with Crippen molar-refractivity contribution in [2.24, 2.45) is 0 Å². The van der Waals surface area contributed by atoms with E-state index < -0.39 is 21.5 Å². The van der Waals surface area contributed by atoms with Gasteiger partial charge in [-0.05, 0) is 0 Å². The molecule has 0 amide bonds. The van der Waals surface area contributed by atoms with E-state index in [-0.39, 0.29) is 0 Å². The summed E-state index contributed by atoms with van der Waals surface area (Å²) < 4.78 is 0. The highest BCUT2D eigenvalue weighted by atomic mass is 28.2. The molecule has 0 aromatic rings. The normalized spacial score (nSPS) is 12.0. The quantitative estimate of drug-likeness (QED) is 0.436. The molecule has 11 heavy (non-hydrogen) atoms. The molecule has 0 rings (SSSR count). The summed E-state index contributed by atoms with van der Waals surface area (Å²) >= 11 is 0. The molecule has 0 unspecified atom stereocenters. The molecule has 0 aromatic carbocycles. The van der Waals surface area contributed by atoms with E-state index in [1.54, 1.807) is 0 Å². The zero-order valence-corrected chi connectivity index (χ0v) is 7.14. The first-order chi connectivity index (χ1) is 5.13. The summed E-state index contributed by atoms with van der Waals surface area (Å²) in [5, 5.41) is 16.2. The van der Waals surface area contributed by atoms with Gasteiger partial charge in [-0.3, -0.25) is 0 Å². The van der Waals surface area contributed by atoms with Gasteiger partial charge in [0.05, 0.1) is 9.52 Å².